The minimum absolute atomic E-state index is 0.219. The molecule has 0 saturated carbocycles. The number of amides is 1. The highest BCUT2D eigenvalue weighted by molar-refractivity contribution is 7.92. The molecule has 3 rings (SSSR count). The molecule has 0 radical (unpaired) electrons. The summed E-state index contributed by atoms with van der Waals surface area (Å²) in [6.45, 7) is 4.43. The third-order valence-electron chi connectivity index (χ3n) is 4.75. The van der Waals surface area contributed by atoms with Crippen molar-refractivity contribution in [3.8, 4) is 11.5 Å². The summed E-state index contributed by atoms with van der Waals surface area (Å²) in [5, 5.41) is 2.10. The Hall–Kier alpha value is -3.44. The van der Waals surface area contributed by atoms with Crippen molar-refractivity contribution in [1.82, 2.24) is 0 Å². The second kappa shape index (κ2) is 11.1. The van der Waals surface area contributed by atoms with Crippen LogP contribution in [0.25, 0.3) is 0 Å². The van der Waals surface area contributed by atoms with E-state index in [1.165, 1.54) is 30.3 Å². The van der Waals surface area contributed by atoms with E-state index >= 15 is 0 Å². The van der Waals surface area contributed by atoms with Gasteiger partial charge in [-0.15, -0.1) is 0 Å². The predicted molar refractivity (Wildman–Crippen MR) is 130 cm³/mol. The largest absolute Gasteiger partial charge is 0.490 e. The van der Waals surface area contributed by atoms with Crippen LogP contribution < -0.4 is 19.5 Å². The zero-order valence-corrected chi connectivity index (χ0v) is 20.7. The number of ether oxygens (including phenoxy) is 2. The Morgan fingerprint density at radius 2 is 1.50 bits per heavy atom. The lowest BCUT2D eigenvalue weighted by atomic mass is 10.2. The van der Waals surface area contributed by atoms with Gasteiger partial charge in [0.2, 0.25) is 0 Å². The third kappa shape index (κ3) is 6.61. The van der Waals surface area contributed by atoms with Gasteiger partial charge in [0, 0.05) is 16.9 Å². The Kier molecular flexibility index (Phi) is 8.36. The van der Waals surface area contributed by atoms with Crippen LogP contribution in [0.5, 0.6) is 11.5 Å². The summed E-state index contributed by atoms with van der Waals surface area (Å²) in [4.78, 5) is 12.4. The summed E-state index contributed by atoms with van der Waals surface area (Å²) in [5.74, 6) is 0.449. The molecule has 0 aliphatic rings. The van der Waals surface area contributed by atoms with E-state index in [0.717, 1.165) is 12.1 Å². The molecule has 0 bridgehead atoms. The van der Waals surface area contributed by atoms with Crippen LogP contribution in [0, 0.1) is 0 Å². The summed E-state index contributed by atoms with van der Waals surface area (Å²) in [7, 11) is -4.21. The number of hydrogen-bond acceptors (Lipinski definition) is 5. The summed E-state index contributed by atoms with van der Waals surface area (Å²) in [5.41, 5.74) is -0.867. The first kappa shape index (κ1) is 27.2. The van der Waals surface area contributed by atoms with Crippen LogP contribution in [0.1, 0.15) is 29.8 Å². The van der Waals surface area contributed by atoms with Gasteiger partial charge in [0.15, 0.2) is 11.5 Å². The number of carbonyl (C=O) groups excluding carboxylic acids is 1. The molecular weight excluding hydrogens is 521 g/mol. The first-order chi connectivity index (χ1) is 16.9. The molecule has 0 saturated heterocycles. The van der Waals surface area contributed by atoms with E-state index in [2.05, 4.69) is 10.0 Å². The second-order valence-electron chi connectivity index (χ2n) is 7.30. The van der Waals surface area contributed by atoms with Crippen molar-refractivity contribution in [1.29, 1.82) is 0 Å². The Morgan fingerprint density at radius 1 is 0.889 bits per heavy atom. The molecule has 7 nitrogen and oxygen atoms in total. The molecule has 3 aromatic rings. The molecule has 0 aromatic heterocycles. The Balaban J connectivity index is 1.75. The molecule has 36 heavy (non-hydrogen) atoms. The lowest BCUT2D eigenvalue weighted by molar-refractivity contribution is -0.137. The Labute approximate surface area is 211 Å². The maximum absolute atomic E-state index is 13.1. The summed E-state index contributed by atoms with van der Waals surface area (Å²) < 4.78 is 77.6. The standard InChI is InChI=1S/C24H22ClF3N2O5S/c1-3-34-21-12-5-15(13-22(21)35-4-2)23(31)29-16-6-9-18(10-7-16)36(32,33)30-17-8-11-20(25)19(14-17)24(26,27)28/h5-14,30H,3-4H2,1-2H3,(H,29,31). The van der Waals surface area contributed by atoms with Gasteiger partial charge in [-0.2, -0.15) is 13.2 Å². The van der Waals surface area contributed by atoms with Gasteiger partial charge in [0.05, 0.1) is 28.7 Å². The quantitative estimate of drug-likeness (QED) is 0.335. The highest BCUT2D eigenvalue weighted by Gasteiger charge is 2.33. The van der Waals surface area contributed by atoms with Crippen LogP contribution in [0.15, 0.2) is 65.6 Å². The van der Waals surface area contributed by atoms with Crippen molar-refractivity contribution in [2.45, 2.75) is 24.9 Å². The average molecular weight is 543 g/mol. The van der Waals surface area contributed by atoms with Crippen molar-refractivity contribution >= 4 is 38.9 Å². The molecule has 0 atom stereocenters. The third-order valence-corrected chi connectivity index (χ3v) is 6.48. The highest BCUT2D eigenvalue weighted by atomic mass is 35.5. The molecule has 0 unspecified atom stereocenters. The topological polar surface area (TPSA) is 93.7 Å². The fourth-order valence-electron chi connectivity index (χ4n) is 3.13. The molecule has 0 heterocycles. The number of hydrogen-bond donors (Lipinski definition) is 2. The zero-order valence-electron chi connectivity index (χ0n) is 19.1. The molecule has 0 aliphatic heterocycles. The Morgan fingerprint density at radius 3 is 2.11 bits per heavy atom. The van der Waals surface area contributed by atoms with Crippen molar-refractivity contribution in [2.75, 3.05) is 23.3 Å². The summed E-state index contributed by atoms with van der Waals surface area (Å²) in [6, 6.07) is 12.5. The van der Waals surface area contributed by atoms with Crippen molar-refractivity contribution in [2.24, 2.45) is 0 Å². The summed E-state index contributed by atoms with van der Waals surface area (Å²) in [6.07, 6.45) is -4.74. The number of nitrogens with one attached hydrogen (secondary N) is 2. The van der Waals surface area contributed by atoms with Gasteiger partial charge >= 0.3 is 6.18 Å². The van der Waals surface area contributed by atoms with Gasteiger partial charge in [0.25, 0.3) is 15.9 Å². The number of halogens is 4. The van der Waals surface area contributed by atoms with Crippen LogP contribution >= 0.6 is 11.6 Å². The van der Waals surface area contributed by atoms with Gasteiger partial charge in [-0.05, 0) is 74.5 Å². The molecule has 0 spiro atoms. The molecule has 2 N–H and O–H groups in total. The first-order valence-electron chi connectivity index (χ1n) is 10.6. The minimum Gasteiger partial charge on any atom is -0.490 e. The lowest BCUT2D eigenvalue weighted by Crippen LogP contribution is -2.15. The van der Waals surface area contributed by atoms with E-state index < -0.39 is 32.7 Å². The van der Waals surface area contributed by atoms with Gasteiger partial charge < -0.3 is 14.8 Å². The normalized spacial score (nSPS) is 11.6. The second-order valence-corrected chi connectivity index (χ2v) is 9.39. The molecule has 0 aliphatic carbocycles. The fraction of sp³-hybridized carbons (Fsp3) is 0.208. The fourth-order valence-corrected chi connectivity index (χ4v) is 4.41. The number of rotatable bonds is 9. The number of sulfonamides is 1. The van der Waals surface area contributed by atoms with Crippen molar-refractivity contribution < 1.29 is 35.9 Å². The highest BCUT2D eigenvalue weighted by Crippen LogP contribution is 2.36. The van der Waals surface area contributed by atoms with E-state index in [1.807, 2.05) is 6.92 Å². The number of benzene rings is 3. The molecule has 192 valence electrons. The Bertz CT molecular complexity index is 1350. The van der Waals surface area contributed by atoms with Gasteiger partial charge in [-0.3, -0.25) is 9.52 Å². The van der Waals surface area contributed by atoms with E-state index in [4.69, 9.17) is 21.1 Å². The van der Waals surface area contributed by atoms with Gasteiger partial charge in [-0.1, -0.05) is 11.6 Å². The van der Waals surface area contributed by atoms with Crippen LogP contribution in [0.2, 0.25) is 5.02 Å². The van der Waals surface area contributed by atoms with Gasteiger partial charge in [-0.25, -0.2) is 8.42 Å². The van der Waals surface area contributed by atoms with E-state index in [9.17, 15) is 26.4 Å². The van der Waals surface area contributed by atoms with Crippen molar-refractivity contribution in [3.05, 3.63) is 76.8 Å². The van der Waals surface area contributed by atoms with E-state index in [1.54, 1.807) is 19.1 Å². The average Bonchev–Trinajstić information content (AvgIpc) is 2.81. The molecule has 0 fully saturated rings. The molecular formula is C24H22ClF3N2O5S. The van der Waals surface area contributed by atoms with Gasteiger partial charge in [0.1, 0.15) is 0 Å². The SMILES string of the molecule is CCOc1ccc(C(=O)Nc2ccc(S(=O)(=O)Nc3ccc(Cl)c(C(F)(F)F)c3)cc2)cc1OCC. The van der Waals surface area contributed by atoms with Crippen LogP contribution in [0.4, 0.5) is 24.5 Å². The van der Waals surface area contributed by atoms with Crippen LogP contribution in [-0.2, 0) is 16.2 Å². The monoisotopic (exact) mass is 542 g/mol. The number of alkyl halides is 3. The van der Waals surface area contributed by atoms with E-state index in [-0.39, 0.29) is 10.6 Å². The number of carbonyl (C=O) groups is 1. The molecule has 3 aromatic carbocycles. The molecule has 12 heteroatoms. The van der Waals surface area contributed by atoms with E-state index in [0.29, 0.717) is 42.0 Å². The predicted octanol–water partition coefficient (Wildman–Crippen LogP) is 6.21. The lowest BCUT2D eigenvalue weighted by Gasteiger charge is -2.13. The van der Waals surface area contributed by atoms with Crippen LogP contribution in [0.3, 0.4) is 0 Å². The first-order valence-corrected chi connectivity index (χ1v) is 12.5. The maximum atomic E-state index is 13.1. The summed E-state index contributed by atoms with van der Waals surface area (Å²) >= 11 is 5.57. The zero-order chi connectivity index (χ0) is 26.5. The number of anilines is 2. The smallest absolute Gasteiger partial charge is 0.417 e. The molecule has 1 amide bonds. The van der Waals surface area contributed by atoms with Crippen molar-refractivity contribution in [3.63, 3.8) is 0 Å². The minimum atomic E-state index is -4.74. The maximum Gasteiger partial charge on any atom is 0.417 e. The van der Waals surface area contributed by atoms with Crippen LogP contribution in [-0.4, -0.2) is 27.5 Å².